The lowest BCUT2D eigenvalue weighted by Gasteiger charge is -2.11. The summed E-state index contributed by atoms with van der Waals surface area (Å²) in [5, 5.41) is 18.2. The van der Waals surface area contributed by atoms with E-state index in [0.29, 0.717) is 12.0 Å². The van der Waals surface area contributed by atoms with Crippen LogP contribution >= 0.6 is 11.6 Å². The Morgan fingerprint density at radius 3 is 1.94 bits per heavy atom. The molecule has 0 saturated heterocycles. The molecule has 6 rings (SSSR count). The quantitative estimate of drug-likeness (QED) is 0.0354. The lowest BCUT2D eigenvalue weighted by atomic mass is 10.1. The number of carbonyl (C=O) groups is 1. The SMILES string of the molecule is CCCS(=O)(=O)c1ccc(N=Nc2cc(S(=O)(=O)O)c(N)cc2Cc2nc(Cl)nc(Cc3ccc(N=Nc4cc5c(S(=O)(=O)O)cccc5cc4S(=O)(=O)O)c(NC(N)=O)c3)n2)cc1. The molecule has 0 spiro atoms. The highest BCUT2D eigenvalue weighted by Gasteiger charge is 2.23. The van der Waals surface area contributed by atoms with Crippen LogP contribution in [-0.4, -0.2) is 74.1 Å². The fourth-order valence-corrected chi connectivity index (χ4v) is 9.63. The topological polar surface area (TPSA) is 366 Å². The normalized spacial score (nSPS) is 12.6. The van der Waals surface area contributed by atoms with Gasteiger partial charge in [0.2, 0.25) is 5.28 Å². The summed E-state index contributed by atoms with van der Waals surface area (Å²) in [6, 6.07) is 16.5. The maximum Gasteiger partial charge on any atom is 0.316 e. The number of primary amides is 1. The number of aromatic nitrogens is 3. The lowest BCUT2D eigenvalue weighted by molar-refractivity contribution is 0.259. The molecule has 334 valence electrons. The number of nitrogens with two attached hydrogens (primary N) is 2. The highest BCUT2D eigenvalue weighted by molar-refractivity contribution is 7.91. The molecule has 0 saturated carbocycles. The molecule has 0 aliphatic rings. The van der Waals surface area contributed by atoms with Crippen LogP contribution in [0.15, 0.2) is 125 Å². The highest BCUT2D eigenvalue weighted by Crippen LogP contribution is 2.36. The summed E-state index contributed by atoms with van der Waals surface area (Å²) < 4.78 is 127. The number of azo groups is 2. The molecule has 5 aromatic carbocycles. The van der Waals surface area contributed by atoms with Crippen molar-refractivity contribution >= 4 is 103 Å². The third kappa shape index (κ3) is 11.4. The van der Waals surface area contributed by atoms with Crippen molar-refractivity contribution in [3.63, 3.8) is 0 Å². The largest absolute Gasteiger partial charge is 0.398 e. The number of hydrogen-bond donors (Lipinski definition) is 6. The van der Waals surface area contributed by atoms with Gasteiger partial charge in [-0.3, -0.25) is 13.7 Å². The summed E-state index contributed by atoms with van der Waals surface area (Å²) in [7, 11) is -18.1. The van der Waals surface area contributed by atoms with Crippen LogP contribution in [0.1, 0.15) is 36.1 Å². The Labute approximate surface area is 369 Å². The van der Waals surface area contributed by atoms with Crippen LogP contribution in [0.4, 0.5) is 38.9 Å². The number of sulfone groups is 1. The number of anilines is 2. The maximum atomic E-state index is 12.4. The Kier molecular flexibility index (Phi) is 13.5. The molecule has 22 nitrogen and oxygen atoms in total. The van der Waals surface area contributed by atoms with Gasteiger partial charge in [0.05, 0.1) is 33.4 Å². The van der Waals surface area contributed by atoms with Crippen molar-refractivity contribution in [1.82, 2.24) is 15.0 Å². The summed E-state index contributed by atoms with van der Waals surface area (Å²) in [6.07, 6.45) is 0.156. The molecule has 0 radical (unpaired) electrons. The summed E-state index contributed by atoms with van der Waals surface area (Å²) >= 11 is 6.29. The number of rotatable bonds is 15. The molecule has 0 bridgehead atoms. The Morgan fingerprint density at radius 1 is 0.688 bits per heavy atom. The van der Waals surface area contributed by atoms with Crippen molar-refractivity contribution in [3.8, 4) is 0 Å². The number of benzene rings is 5. The minimum absolute atomic E-state index is 0.0237. The van der Waals surface area contributed by atoms with Gasteiger partial charge in [-0.15, -0.1) is 10.2 Å². The Morgan fingerprint density at radius 2 is 1.31 bits per heavy atom. The monoisotopic (exact) mass is 972 g/mol. The van der Waals surface area contributed by atoms with Gasteiger partial charge in [0.15, 0.2) is 9.84 Å². The average molecular weight is 973 g/mol. The molecule has 0 aliphatic carbocycles. The fraction of sp³-hybridized carbons (Fsp3) is 0.135. The summed E-state index contributed by atoms with van der Waals surface area (Å²) in [4.78, 5) is 22.9. The van der Waals surface area contributed by atoms with E-state index in [9.17, 15) is 52.1 Å². The van der Waals surface area contributed by atoms with Gasteiger partial charge in [-0.05, 0) is 101 Å². The Hall–Kier alpha value is -6.39. The van der Waals surface area contributed by atoms with Crippen molar-refractivity contribution in [1.29, 1.82) is 0 Å². The molecular formula is C37H33ClN10O12S4. The third-order valence-corrected chi connectivity index (χ3v) is 13.7. The number of urea groups is 1. The van der Waals surface area contributed by atoms with Crippen LogP contribution in [0.3, 0.4) is 0 Å². The van der Waals surface area contributed by atoms with Crippen molar-refractivity contribution in [2.45, 2.75) is 45.8 Å². The molecule has 8 N–H and O–H groups in total. The zero-order valence-corrected chi connectivity index (χ0v) is 36.7. The standard InChI is InChI=1S/C37H33ClN10O12S4/c1-2-12-61(50,51)24-9-7-23(8-10-24)45-47-28-19-32(63(55,56)57)26(39)15-22(28)17-35-42-34(43-36(38)44-35)14-20-6-11-27(29(13-20)41-37(40)49)46-48-30-18-25-21(16-33(30)64(58,59)60)4-3-5-31(25)62(52,53)54/h3-11,13,15-16,18-19H,2,12,14,17,39H2,1H3,(H3,40,41,49)(H,52,53,54)(H,55,56,57)(H,58,59,60). The minimum Gasteiger partial charge on any atom is -0.398 e. The van der Waals surface area contributed by atoms with Gasteiger partial charge in [0, 0.05) is 18.2 Å². The average Bonchev–Trinajstić information content (AvgIpc) is 3.18. The second kappa shape index (κ2) is 18.4. The van der Waals surface area contributed by atoms with Crippen molar-refractivity contribution in [2.24, 2.45) is 26.2 Å². The van der Waals surface area contributed by atoms with Gasteiger partial charge in [0.25, 0.3) is 30.4 Å². The van der Waals surface area contributed by atoms with Gasteiger partial charge in [-0.1, -0.05) is 25.1 Å². The minimum atomic E-state index is -4.96. The molecule has 6 aromatic rings. The van der Waals surface area contributed by atoms with Crippen LogP contribution in [0, 0.1) is 0 Å². The molecule has 1 heterocycles. The van der Waals surface area contributed by atoms with Crippen molar-refractivity contribution in [3.05, 3.63) is 113 Å². The number of amides is 2. The predicted molar refractivity (Wildman–Crippen MR) is 231 cm³/mol. The first-order valence-corrected chi connectivity index (χ1v) is 24.4. The summed E-state index contributed by atoms with van der Waals surface area (Å²) in [5.74, 6) is 0.0727. The molecule has 27 heteroatoms. The number of fused-ring (bicyclic) bond motifs is 1. The van der Waals surface area contributed by atoms with Gasteiger partial charge < -0.3 is 16.8 Å². The van der Waals surface area contributed by atoms with Gasteiger partial charge in [-0.2, -0.15) is 35.5 Å². The molecule has 1 aromatic heterocycles. The van der Waals surface area contributed by atoms with Crippen LogP contribution in [0.25, 0.3) is 10.8 Å². The predicted octanol–water partition coefficient (Wildman–Crippen LogP) is 6.69. The smallest absolute Gasteiger partial charge is 0.316 e. The van der Waals surface area contributed by atoms with E-state index < -0.39 is 66.6 Å². The second-order valence-electron chi connectivity index (χ2n) is 13.6. The summed E-state index contributed by atoms with van der Waals surface area (Å²) in [6.45, 7) is 1.73. The number of carbonyl (C=O) groups excluding carboxylic acids is 1. The van der Waals surface area contributed by atoms with E-state index in [4.69, 9.17) is 23.1 Å². The summed E-state index contributed by atoms with van der Waals surface area (Å²) in [5.41, 5.74) is 11.2. The van der Waals surface area contributed by atoms with Crippen LogP contribution in [0.2, 0.25) is 5.28 Å². The van der Waals surface area contributed by atoms with E-state index in [1.165, 1.54) is 60.7 Å². The lowest BCUT2D eigenvalue weighted by Crippen LogP contribution is -2.19. The Balaban J connectivity index is 1.32. The zero-order chi connectivity index (χ0) is 46.8. The number of hydrogen-bond acceptors (Lipinski definition) is 17. The maximum absolute atomic E-state index is 12.4. The van der Waals surface area contributed by atoms with Gasteiger partial charge >= 0.3 is 6.03 Å². The van der Waals surface area contributed by atoms with E-state index in [2.05, 4.69) is 40.7 Å². The van der Waals surface area contributed by atoms with Crippen molar-refractivity contribution in [2.75, 3.05) is 16.8 Å². The first-order valence-electron chi connectivity index (χ1n) is 18.1. The first-order chi connectivity index (χ1) is 29.9. The number of nitrogens with one attached hydrogen (secondary N) is 1. The Bertz CT molecular complexity index is 3380. The van der Waals surface area contributed by atoms with E-state index in [1.807, 2.05) is 0 Å². The van der Waals surface area contributed by atoms with Crippen LogP contribution in [-0.2, 0) is 53.0 Å². The fourth-order valence-electron chi connectivity index (χ4n) is 6.15. The molecule has 0 atom stereocenters. The van der Waals surface area contributed by atoms with E-state index >= 15 is 0 Å². The molecular weight excluding hydrogens is 940 g/mol. The molecule has 2 amide bonds. The third-order valence-electron chi connectivity index (χ3n) is 8.90. The molecule has 64 heavy (non-hydrogen) atoms. The van der Waals surface area contributed by atoms with Crippen molar-refractivity contribution < 1.29 is 52.1 Å². The van der Waals surface area contributed by atoms with E-state index in [1.54, 1.807) is 6.92 Å². The van der Waals surface area contributed by atoms with E-state index in [0.717, 1.165) is 24.3 Å². The molecule has 0 fully saturated rings. The number of nitrogen functional groups attached to an aromatic ring is 1. The second-order valence-corrected chi connectivity index (χ2v) is 20.2. The molecule has 0 unspecified atom stereocenters. The van der Waals surface area contributed by atoms with E-state index in [-0.39, 0.29) is 85.2 Å². The number of nitrogens with zero attached hydrogens (tertiary/aromatic N) is 7. The zero-order valence-electron chi connectivity index (χ0n) is 32.7. The highest BCUT2D eigenvalue weighted by atomic mass is 35.5. The number of halogens is 1. The van der Waals surface area contributed by atoms with Gasteiger partial charge in [-0.25, -0.2) is 28.2 Å². The van der Waals surface area contributed by atoms with Crippen LogP contribution < -0.4 is 16.8 Å². The first kappa shape index (κ1) is 47.1. The van der Waals surface area contributed by atoms with Crippen LogP contribution in [0.5, 0.6) is 0 Å². The molecule has 0 aliphatic heterocycles. The van der Waals surface area contributed by atoms with Gasteiger partial charge in [0.1, 0.15) is 37.7 Å².